The Morgan fingerprint density at radius 3 is 2.50 bits per heavy atom. The normalized spacial score (nSPS) is 10.5. The fourth-order valence-corrected chi connectivity index (χ4v) is 2.16. The summed E-state index contributed by atoms with van der Waals surface area (Å²) in [5, 5.41) is 10.9. The van der Waals surface area contributed by atoms with E-state index in [9.17, 15) is 0 Å². The van der Waals surface area contributed by atoms with Crippen molar-refractivity contribution in [1.29, 1.82) is 0 Å². The zero-order chi connectivity index (χ0) is 15.6. The minimum atomic E-state index is 0.191. The van der Waals surface area contributed by atoms with Crippen molar-refractivity contribution in [3.05, 3.63) is 59.7 Å². The Morgan fingerprint density at radius 2 is 1.77 bits per heavy atom. The highest BCUT2D eigenvalue weighted by atomic mass is 16.5. The first-order valence-corrected chi connectivity index (χ1v) is 7.68. The zero-order valence-electron chi connectivity index (χ0n) is 13.0. The maximum atomic E-state index is 8.83. The molecule has 0 aliphatic heterocycles. The summed E-state index contributed by atoms with van der Waals surface area (Å²) in [4.78, 5) is 0. The Balaban J connectivity index is 2.02. The van der Waals surface area contributed by atoms with Gasteiger partial charge in [0, 0.05) is 5.56 Å². The molecule has 0 atom stereocenters. The lowest BCUT2D eigenvalue weighted by atomic mass is 10.2. The standard InChI is InChI=1S/C18H23NO3/c1-2-21-18-12-16(13-19-10-11-20)8-9-17(18)22-14-15-6-4-3-5-7-15/h3-9,12,19-20H,2,10-11,13-14H2,1H3/p+1. The van der Waals surface area contributed by atoms with Crippen LogP contribution >= 0.6 is 0 Å². The number of ether oxygens (including phenoxy) is 2. The first-order chi connectivity index (χ1) is 10.8. The van der Waals surface area contributed by atoms with E-state index in [-0.39, 0.29) is 6.61 Å². The highest BCUT2D eigenvalue weighted by Crippen LogP contribution is 2.29. The van der Waals surface area contributed by atoms with E-state index in [0.717, 1.165) is 29.2 Å². The highest BCUT2D eigenvalue weighted by molar-refractivity contribution is 5.43. The van der Waals surface area contributed by atoms with Crippen molar-refractivity contribution in [3.63, 3.8) is 0 Å². The van der Waals surface area contributed by atoms with Crippen LogP contribution in [0.1, 0.15) is 18.1 Å². The van der Waals surface area contributed by atoms with Gasteiger partial charge in [0.15, 0.2) is 11.5 Å². The molecule has 4 heteroatoms. The molecule has 0 heterocycles. The van der Waals surface area contributed by atoms with Crippen LogP contribution in [0.15, 0.2) is 48.5 Å². The highest BCUT2D eigenvalue weighted by Gasteiger charge is 2.08. The van der Waals surface area contributed by atoms with E-state index in [2.05, 4.69) is 5.32 Å². The predicted molar refractivity (Wildman–Crippen MR) is 86.0 cm³/mol. The summed E-state index contributed by atoms with van der Waals surface area (Å²) < 4.78 is 11.6. The van der Waals surface area contributed by atoms with Gasteiger partial charge in [-0.3, -0.25) is 0 Å². The number of aliphatic hydroxyl groups is 1. The van der Waals surface area contributed by atoms with Crippen LogP contribution in [-0.2, 0) is 13.2 Å². The van der Waals surface area contributed by atoms with E-state index in [1.54, 1.807) is 0 Å². The van der Waals surface area contributed by atoms with Crippen LogP contribution in [0, 0.1) is 0 Å². The van der Waals surface area contributed by atoms with Gasteiger partial charge < -0.3 is 19.9 Å². The van der Waals surface area contributed by atoms with Crippen molar-refractivity contribution in [3.8, 4) is 11.5 Å². The third-order valence-corrected chi connectivity index (χ3v) is 3.26. The molecule has 2 aromatic carbocycles. The fraction of sp³-hybridized carbons (Fsp3) is 0.333. The first kappa shape index (κ1) is 16.3. The van der Waals surface area contributed by atoms with E-state index in [1.165, 1.54) is 0 Å². The van der Waals surface area contributed by atoms with Crippen LogP contribution in [-0.4, -0.2) is 24.9 Å². The molecule has 0 radical (unpaired) electrons. The molecule has 0 saturated heterocycles. The molecule has 2 rings (SSSR count). The molecule has 2 aromatic rings. The van der Waals surface area contributed by atoms with Crippen LogP contribution < -0.4 is 14.8 Å². The van der Waals surface area contributed by atoms with Crippen molar-refractivity contribution in [2.75, 3.05) is 19.8 Å². The van der Waals surface area contributed by atoms with Crippen LogP contribution in [0.5, 0.6) is 11.5 Å². The molecule has 0 aliphatic rings. The summed E-state index contributed by atoms with van der Waals surface area (Å²) in [6, 6.07) is 16.1. The zero-order valence-corrected chi connectivity index (χ0v) is 13.0. The molecular formula is C18H24NO3+. The molecule has 0 amide bonds. The van der Waals surface area contributed by atoms with Gasteiger partial charge in [0.2, 0.25) is 0 Å². The quantitative estimate of drug-likeness (QED) is 0.694. The predicted octanol–water partition coefficient (Wildman–Crippen LogP) is 1.72. The second-order valence-electron chi connectivity index (χ2n) is 4.99. The molecule has 0 bridgehead atoms. The summed E-state index contributed by atoms with van der Waals surface area (Å²) in [5.74, 6) is 1.53. The van der Waals surface area contributed by atoms with E-state index in [0.29, 0.717) is 19.8 Å². The molecule has 0 unspecified atom stereocenters. The van der Waals surface area contributed by atoms with Crippen LogP contribution in [0.3, 0.4) is 0 Å². The lowest BCUT2D eigenvalue weighted by molar-refractivity contribution is -0.671. The van der Waals surface area contributed by atoms with Gasteiger partial charge in [-0.1, -0.05) is 30.3 Å². The Labute approximate surface area is 131 Å². The Morgan fingerprint density at radius 1 is 0.955 bits per heavy atom. The van der Waals surface area contributed by atoms with E-state index in [1.807, 2.05) is 55.5 Å². The number of quaternary nitrogens is 1. The summed E-state index contributed by atoms with van der Waals surface area (Å²) in [7, 11) is 0. The van der Waals surface area contributed by atoms with Crippen molar-refractivity contribution in [1.82, 2.24) is 0 Å². The summed E-state index contributed by atoms with van der Waals surface area (Å²) in [6.45, 7) is 4.81. The number of hydrogen-bond acceptors (Lipinski definition) is 3. The second kappa shape index (κ2) is 9.07. The SMILES string of the molecule is CCOc1cc(C[NH2+]CCO)ccc1OCc1ccccc1. The fourth-order valence-electron chi connectivity index (χ4n) is 2.16. The summed E-state index contributed by atoms with van der Waals surface area (Å²) in [6.07, 6.45) is 0. The van der Waals surface area contributed by atoms with Crippen molar-refractivity contribution < 1.29 is 19.9 Å². The van der Waals surface area contributed by atoms with Gasteiger partial charge in [0.25, 0.3) is 0 Å². The third kappa shape index (κ3) is 5.06. The summed E-state index contributed by atoms with van der Waals surface area (Å²) >= 11 is 0. The van der Waals surface area contributed by atoms with Gasteiger partial charge in [-0.15, -0.1) is 0 Å². The molecule has 22 heavy (non-hydrogen) atoms. The van der Waals surface area contributed by atoms with Crippen molar-refractivity contribution in [2.24, 2.45) is 0 Å². The molecule has 118 valence electrons. The maximum absolute atomic E-state index is 8.83. The number of hydrogen-bond donors (Lipinski definition) is 2. The minimum Gasteiger partial charge on any atom is -0.490 e. The monoisotopic (exact) mass is 302 g/mol. The second-order valence-corrected chi connectivity index (χ2v) is 4.99. The largest absolute Gasteiger partial charge is 0.490 e. The van der Waals surface area contributed by atoms with Crippen LogP contribution in [0.2, 0.25) is 0 Å². The molecule has 4 nitrogen and oxygen atoms in total. The maximum Gasteiger partial charge on any atom is 0.161 e. The van der Waals surface area contributed by atoms with Crippen molar-refractivity contribution in [2.45, 2.75) is 20.1 Å². The average molecular weight is 302 g/mol. The van der Waals surface area contributed by atoms with Crippen LogP contribution in [0.25, 0.3) is 0 Å². The summed E-state index contributed by atoms with van der Waals surface area (Å²) in [5.41, 5.74) is 2.29. The Hall–Kier alpha value is -2.04. The first-order valence-electron chi connectivity index (χ1n) is 7.68. The van der Waals surface area contributed by atoms with Gasteiger partial charge >= 0.3 is 0 Å². The molecule has 0 aliphatic carbocycles. The lowest BCUT2D eigenvalue weighted by Gasteiger charge is -2.13. The van der Waals surface area contributed by atoms with Crippen LogP contribution in [0.4, 0.5) is 0 Å². The average Bonchev–Trinajstić information content (AvgIpc) is 2.56. The van der Waals surface area contributed by atoms with Gasteiger partial charge in [-0.05, 0) is 30.7 Å². The third-order valence-electron chi connectivity index (χ3n) is 3.26. The Kier molecular flexibility index (Phi) is 6.74. The molecule has 0 aromatic heterocycles. The smallest absolute Gasteiger partial charge is 0.161 e. The number of benzene rings is 2. The van der Waals surface area contributed by atoms with E-state index >= 15 is 0 Å². The van der Waals surface area contributed by atoms with Gasteiger partial charge in [0.1, 0.15) is 13.2 Å². The van der Waals surface area contributed by atoms with Gasteiger partial charge in [-0.25, -0.2) is 0 Å². The van der Waals surface area contributed by atoms with Gasteiger partial charge in [0.05, 0.1) is 19.8 Å². The number of rotatable bonds is 9. The molecular weight excluding hydrogens is 278 g/mol. The molecule has 0 fully saturated rings. The lowest BCUT2D eigenvalue weighted by Crippen LogP contribution is -2.83. The Bertz CT molecular complexity index is 558. The molecule has 0 spiro atoms. The van der Waals surface area contributed by atoms with Gasteiger partial charge in [-0.2, -0.15) is 0 Å². The number of nitrogens with two attached hydrogens (primary N) is 1. The molecule has 0 saturated carbocycles. The van der Waals surface area contributed by atoms with E-state index in [4.69, 9.17) is 14.6 Å². The minimum absolute atomic E-state index is 0.191. The topological polar surface area (TPSA) is 55.3 Å². The van der Waals surface area contributed by atoms with E-state index < -0.39 is 0 Å². The molecule has 3 N–H and O–H groups in total. The number of aliphatic hydroxyl groups excluding tert-OH is 1. The van der Waals surface area contributed by atoms with Crippen molar-refractivity contribution >= 4 is 0 Å².